The Bertz CT molecular complexity index is 339. The zero-order valence-corrected chi connectivity index (χ0v) is 10.6. The lowest BCUT2D eigenvalue weighted by molar-refractivity contribution is -0.116. The van der Waals surface area contributed by atoms with Gasteiger partial charge in [0.05, 0.1) is 5.69 Å². The Hall–Kier alpha value is -1.35. The van der Waals surface area contributed by atoms with Crippen molar-refractivity contribution in [3.63, 3.8) is 0 Å². The molecule has 1 atom stereocenters. The Balaban J connectivity index is 2.37. The van der Waals surface area contributed by atoms with Crippen molar-refractivity contribution in [3.8, 4) is 0 Å². The van der Waals surface area contributed by atoms with Crippen LogP contribution in [0.4, 0.5) is 5.69 Å². The van der Waals surface area contributed by atoms with E-state index in [0.717, 1.165) is 43.2 Å². The Labute approximate surface area is 103 Å². The summed E-state index contributed by atoms with van der Waals surface area (Å²) in [6, 6.07) is 7.84. The molecule has 0 saturated heterocycles. The fourth-order valence-corrected chi connectivity index (χ4v) is 1.58. The molecule has 0 aliphatic rings. The molecule has 0 bridgehead atoms. The van der Waals surface area contributed by atoms with Crippen molar-refractivity contribution < 1.29 is 9.63 Å². The first-order valence-electron chi connectivity index (χ1n) is 6.20. The second-order valence-corrected chi connectivity index (χ2v) is 4.21. The van der Waals surface area contributed by atoms with Crippen LogP contribution in [-0.2, 0) is 9.63 Å². The van der Waals surface area contributed by atoms with E-state index in [9.17, 15) is 4.79 Å². The molecule has 3 heteroatoms. The standard InChI is InChI=1S/C14H21NO2/c1-3-4-5-9-13(11-16)17-15-14-10-7-6-8-12(14)2/h6-8,10-11,13,15H,3-5,9H2,1-2H3/t13-/m0/s1. The van der Waals surface area contributed by atoms with E-state index in [-0.39, 0.29) is 6.10 Å². The zero-order chi connectivity index (χ0) is 12.5. The molecule has 1 N–H and O–H groups in total. The van der Waals surface area contributed by atoms with E-state index in [1.54, 1.807) is 0 Å². The molecule has 0 heterocycles. The number of benzene rings is 1. The van der Waals surface area contributed by atoms with Gasteiger partial charge in [-0.25, -0.2) is 0 Å². The molecule has 3 nitrogen and oxygen atoms in total. The summed E-state index contributed by atoms with van der Waals surface area (Å²) >= 11 is 0. The van der Waals surface area contributed by atoms with E-state index in [1.165, 1.54) is 0 Å². The lowest BCUT2D eigenvalue weighted by atomic mass is 10.1. The van der Waals surface area contributed by atoms with Gasteiger partial charge in [0.25, 0.3) is 0 Å². The van der Waals surface area contributed by atoms with Crippen molar-refractivity contribution in [2.45, 2.75) is 45.6 Å². The predicted molar refractivity (Wildman–Crippen MR) is 69.9 cm³/mol. The van der Waals surface area contributed by atoms with E-state index >= 15 is 0 Å². The maximum Gasteiger partial charge on any atom is 0.151 e. The number of unbranched alkanes of at least 4 members (excludes halogenated alkanes) is 2. The molecule has 0 fully saturated rings. The topological polar surface area (TPSA) is 38.3 Å². The second-order valence-electron chi connectivity index (χ2n) is 4.21. The molecule has 1 aromatic rings. The Morgan fingerprint density at radius 1 is 1.35 bits per heavy atom. The highest BCUT2D eigenvalue weighted by atomic mass is 16.7. The van der Waals surface area contributed by atoms with Crippen LogP contribution < -0.4 is 5.48 Å². The number of carbonyl (C=O) groups excluding carboxylic acids is 1. The smallest absolute Gasteiger partial charge is 0.151 e. The van der Waals surface area contributed by atoms with Crippen LogP contribution >= 0.6 is 0 Å². The van der Waals surface area contributed by atoms with Crippen LogP contribution in [0.3, 0.4) is 0 Å². The number of carbonyl (C=O) groups is 1. The van der Waals surface area contributed by atoms with Crippen molar-refractivity contribution in [1.82, 2.24) is 0 Å². The van der Waals surface area contributed by atoms with Gasteiger partial charge in [-0.1, -0.05) is 44.4 Å². The number of anilines is 1. The molecule has 17 heavy (non-hydrogen) atoms. The minimum atomic E-state index is -0.360. The highest BCUT2D eigenvalue weighted by Gasteiger charge is 2.08. The number of para-hydroxylation sites is 1. The molecule has 0 saturated carbocycles. The molecule has 0 radical (unpaired) electrons. The van der Waals surface area contributed by atoms with Gasteiger partial charge in [-0.05, 0) is 25.0 Å². The third-order valence-corrected chi connectivity index (χ3v) is 2.71. The first-order valence-corrected chi connectivity index (χ1v) is 6.20. The fraction of sp³-hybridized carbons (Fsp3) is 0.500. The first-order chi connectivity index (χ1) is 8.27. The zero-order valence-electron chi connectivity index (χ0n) is 10.6. The van der Waals surface area contributed by atoms with Crippen LogP contribution in [0.5, 0.6) is 0 Å². The summed E-state index contributed by atoms with van der Waals surface area (Å²) < 4.78 is 0. The van der Waals surface area contributed by atoms with Gasteiger partial charge < -0.3 is 4.79 Å². The van der Waals surface area contributed by atoms with Crippen LogP contribution in [0.25, 0.3) is 0 Å². The molecule has 0 spiro atoms. The van der Waals surface area contributed by atoms with Crippen molar-refractivity contribution in [2.75, 3.05) is 5.48 Å². The molecule has 0 aliphatic heterocycles. The Morgan fingerprint density at radius 2 is 2.12 bits per heavy atom. The van der Waals surface area contributed by atoms with E-state index in [4.69, 9.17) is 4.84 Å². The minimum absolute atomic E-state index is 0.360. The molecular formula is C14H21NO2. The van der Waals surface area contributed by atoms with Crippen LogP contribution in [0.15, 0.2) is 24.3 Å². The van der Waals surface area contributed by atoms with E-state index in [2.05, 4.69) is 12.4 Å². The third-order valence-electron chi connectivity index (χ3n) is 2.71. The number of aldehydes is 1. The minimum Gasteiger partial charge on any atom is -0.300 e. The van der Waals surface area contributed by atoms with Crippen LogP contribution in [-0.4, -0.2) is 12.4 Å². The van der Waals surface area contributed by atoms with Crippen LogP contribution in [0, 0.1) is 6.92 Å². The maximum atomic E-state index is 10.8. The fourth-order valence-electron chi connectivity index (χ4n) is 1.58. The van der Waals surface area contributed by atoms with E-state index < -0.39 is 0 Å². The monoisotopic (exact) mass is 235 g/mol. The number of nitrogens with one attached hydrogen (secondary N) is 1. The summed E-state index contributed by atoms with van der Waals surface area (Å²) in [6.07, 6.45) is 4.59. The van der Waals surface area contributed by atoms with Gasteiger partial charge in [0, 0.05) is 0 Å². The predicted octanol–water partition coefficient (Wildman–Crippen LogP) is 3.49. The second kappa shape index (κ2) is 7.85. The molecular weight excluding hydrogens is 214 g/mol. The lowest BCUT2D eigenvalue weighted by Crippen LogP contribution is -2.18. The van der Waals surface area contributed by atoms with Gasteiger partial charge in [-0.3, -0.25) is 10.3 Å². The van der Waals surface area contributed by atoms with Gasteiger partial charge in [0.15, 0.2) is 6.29 Å². The highest BCUT2D eigenvalue weighted by molar-refractivity contribution is 5.56. The normalized spacial score (nSPS) is 12.1. The first kappa shape index (κ1) is 13.7. The largest absolute Gasteiger partial charge is 0.300 e. The SMILES string of the molecule is CCCCC[C@@H](C=O)ONc1ccccc1C. The van der Waals surface area contributed by atoms with Crippen molar-refractivity contribution in [3.05, 3.63) is 29.8 Å². The van der Waals surface area contributed by atoms with Gasteiger partial charge >= 0.3 is 0 Å². The maximum absolute atomic E-state index is 10.8. The van der Waals surface area contributed by atoms with Gasteiger partial charge in [0.1, 0.15) is 6.10 Å². The molecule has 94 valence electrons. The van der Waals surface area contributed by atoms with Crippen molar-refractivity contribution >= 4 is 12.0 Å². The highest BCUT2D eigenvalue weighted by Crippen LogP contribution is 2.14. The Kier molecular flexibility index (Phi) is 6.33. The summed E-state index contributed by atoms with van der Waals surface area (Å²) in [7, 11) is 0. The van der Waals surface area contributed by atoms with Gasteiger partial charge in [0.2, 0.25) is 0 Å². The molecule has 1 rings (SSSR count). The summed E-state index contributed by atoms with van der Waals surface area (Å²) in [6.45, 7) is 4.14. The van der Waals surface area contributed by atoms with E-state index in [1.807, 2.05) is 31.2 Å². The number of aryl methyl sites for hydroxylation is 1. The third kappa shape index (κ3) is 5.00. The number of rotatable bonds is 8. The molecule has 0 amide bonds. The average Bonchev–Trinajstić information content (AvgIpc) is 2.35. The van der Waals surface area contributed by atoms with Gasteiger partial charge in [-0.2, -0.15) is 0 Å². The van der Waals surface area contributed by atoms with E-state index in [0.29, 0.717) is 0 Å². The summed E-state index contributed by atoms with van der Waals surface area (Å²) in [4.78, 5) is 16.2. The molecule has 0 aromatic heterocycles. The Morgan fingerprint density at radius 3 is 2.76 bits per heavy atom. The summed E-state index contributed by atoms with van der Waals surface area (Å²) in [5.41, 5.74) is 4.87. The lowest BCUT2D eigenvalue weighted by Gasteiger charge is -2.14. The van der Waals surface area contributed by atoms with Crippen LogP contribution in [0.2, 0.25) is 0 Å². The molecule has 0 unspecified atom stereocenters. The van der Waals surface area contributed by atoms with Crippen molar-refractivity contribution in [2.24, 2.45) is 0 Å². The summed E-state index contributed by atoms with van der Waals surface area (Å²) in [5.74, 6) is 0. The quantitative estimate of drug-likeness (QED) is 0.426. The molecule has 0 aliphatic carbocycles. The van der Waals surface area contributed by atoms with Crippen molar-refractivity contribution in [1.29, 1.82) is 0 Å². The number of hydrogen-bond donors (Lipinski definition) is 1. The van der Waals surface area contributed by atoms with Gasteiger partial charge in [-0.15, -0.1) is 0 Å². The summed E-state index contributed by atoms with van der Waals surface area (Å²) in [5, 5.41) is 0. The molecule has 1 aromatic carbocycles. The number of hydrogen-bond acceptors (Lipinski definition) is 3. The average molecular weight is 235 g/mol. The van der Waals surface area contributed by atoms with Crippen LogP contribution in [0.1, 0.15) is 38.2 Å².